The first-order chi connectivity index (χ1) is 33.0. The van der Waals surface area contributed by atoms with Gasteiger partial charge in [-0.2, -0.15) is 0 Å². The molecule has 4 rings (SSSR count). The Bertz CT molecular complexity index is 2320. The summed E-state index contributed by atoms with van der Waals surface area (Å²) in [4.78, 5) is 95.0. The molecule has 5 unspecified atom stereocenters. The number of imide groups is 1. The van der Waals surface area contributed by atoms with Crippen molar-refractivity contribution in [2.45, 2.75) is 96.3 Å². The fraction of sp³-hybridized carbons (Fsp3) is 0.360. The minimum absolute atomic E-state index is 0.00903. The van der Waals surface area contributed by atoms with E-state index in [2.05, 4.69) is 26.6 Å². The molecule has 0 aromatic heterocycles. The summed E-state index contributed by atoms with van der Waals surface area (Å²) in [6.07, 6.45) is -0.789. The fourth-order valence-electron chi connectivity index (χ4n) is 6.98. The average Bonchev–Trinajstić information content (AvgIpc) is 3.33. The molecule has 0 fully saturated rings. The Labute approximate surface area is 401 Å². The number of carboxylic acids is 1. The summed E-state index contributed by atoms with van der Waals surface area (Å²) in [5.41, 5.74) is 14.6. The van der Waals surface area contributed by atoms with Crippen LogP contribution < -0.4 is 42.8 Å². The van der Waals surface area contributed by atoms with E-state index in [1.165, 1.54) is 6.92 Å². The first-order valence-electron chi connectivity index (χ1n) is 22.6. The van der Waals surface area contributed by atoms with E-state index in [0.717, 1.165) is 5.56 Å². The van der Waals surface area contributed by atoms with Crippen LogP contribution in [0.3, 0.4) is 0 Å². The first-order valence-corrected chi connectivity index (χ1v) is 22.6. The number of hydrogen-bond donors (Lipinski definition) is 9. The third-order valence-corrected chi connectivity index (χ3v) is 10.6. The van der Waals surface area contributed by atoms with Crippen molar-refractivity contribution in [3.05, 3.63) is 138 Å². The van der Waals surface area contributed by atoms with Crippen molar-refractivity contribution in [3.63, 3.8) is 0 Å². The molecule has 5 atom stereocenters. The van der Waals surface area contributed by atoms with Gasteiger partial charge in [0.1, 0.15) is 43.1 Å². The molecule has 0 aliphatic heterocycles. The van der Waals surface area contributed by atoms with E-state index >= 15 is 0 Å². The lowest BCUT2D eigenvalue weighted by molar-refractivity contribution is -0.142. The first kappa shape index (κ1) is 53.8. The van der Waals surface area contributed by atoms with Crippen molar-refractivity contribution in [2.24, 2.45) is 17.4 Å². The zero-order chi connectivity index (χ0) is 50.3. The van der Waals surface area contributed by atoms with Crippen molar-refractivity contribution in [1.29, 1.82) is 5.41 Å². The number of aliphatic carboxylic acids is 1. The second-order valence-electron chi connectivity index (χ2n) is 16.8. The predicted octanol–water partition coefficient (Wildman–Crippen LogP) is 2.90. The largest absolute Gasteiger partial charge is 0.489 e. The fourth-order valence-corrected chi connectivity index (χ4v) is 6.98. The molecule has 0 saturated heterocycles. The van der Waals surface area contributed by atoms with Gasteiger partial charge in [0.2, 0.25) is 29.5 Å². The van der Waals surface area contributed by atoms with Gasteiger partial charge in [-0.1, -0.05) is 117 Å². The number of carboxylic acid groups (broad SMARTS) is 1. The topological polar surface area (TPSA) is 297 Å². The van der Waals surface area contributed by atoms with Crippen LogP contribution in [0.5, 0.6) is 5.75 Å². The Morgan fingerprint density at radius 1 is 0.652 bits per heavy atom. The molecule has 19 nitrogen and oxygen atoms in total. The Hall–Kier alpha value is -7.80. The summed E-state index contributed by atoms with van der Waals surface area (Å²) in [7, 11) is 0. The van der Waals surface area contributed by atoms with E-state index in [0.29, 0.717) is 33.9 Å². The predicted molar refractivity (Wildman–Crippen MR) is 257 cm³/mol. The molecule has 4 aromatic rings. The van der Waals surface area contributed by atoms with Crippen LogP contribution in [0.15, 0.2) is 115 Å². The number of amides is 6. The van der Waals surface area contributed by atoms with E-state index in [4.69, 9.17) is 26.4 Å². The van der Waals surface area contributed by atoms with Crippen molar-refractivity contribution in [3.8, 4) is 5.75 Å². The molecule has 0 radical (unpaired) electrons. The highest BCUT2D eigenvalue weighted by atomic mass is 16.6. The minimum Gasteiger partial charge on any atom is -0.489 e. The second kappa shape index (κ2) is 27.7. The Morgan fingerprint density at radius 2 is 1.19 bits per heavy atom. The SMILES string of the molecule is CC(C)CC(NC(=O)C(Cc1ccccc1)NC(=O)CNC(=O)C(C)N(C(=O)OCc1ccccc1)C(=O)C(N)Cc1ccc(OCc2ccccc2)cc1)C(=O)NC(CCCNC(=N)N)C(=O)O. The highest BCUT2D eigenvalue weighted by molar-refractivity contribution is 6.01. The molecule has 368 valence electrons. The molecule has 69 heavy (non-hydrogen) atoms. The third-order valence-electron chi connectivity index (χ3n) is 10.6. The quantitative estimate of drug-likeness (QED) is 0.0249. The van der Waals surface area contributed by atoms with Gasteiger partial charge in [0, 0.05) is 13.0 Å². The van der Waals surface area contributed by atoms with E-state index in [1.54, 1.807) is 84.9 Å². The van der Waals surface area contributed by atoms with Crippen molar-refractivity contribution < 1.29 is 48.1 Å². The second-order valence-corrected chi connectivity index (χ2v) is 16.8. The molecule has 0 heterocycles. The van der Waals surface area contributed by atoms with Gasteiger partial charge in [-0.25, -0.2) is 14.5 Å². The number of carbonyl (C=O) groups excluding carboxylic acids is 6. The minimum atomic E-state index is -1.52. The van der Waals surface area contributed by atoms with Gasteiger partial charge in [0.15, 0.2) is 5.96 Å². The van der Waals surface area contributed by atoms with Crippen LogP contribution in [0, 0.1) is 11.3 Å². The van der Waals surface area contributed by atoms with Crippen LogP contribution in [0.2, 0.25) is 0 Å². The van der Waals surface area contributed by atoms with Crippen LogP contribution in [-0.4, -0.2) is 101 Å². The number of guanidine groups is 1. The summed E-state index contributed by atoms with van der Waals surface area (Å²) in [5, 5.41) is 29.9. The van der Waals surface area contributed by atoms with Crippen LogP contribution in [-0.2, 0) is 59.6 Å². The lowest BCUT2D eigenvalue weighted by Crippen LogP contribution is -2.58. The molecular formula is C50H63N9O10. The van der Waals surface area contributed by atoms with Gasteiger partial charge >= 0.3 is 12.1 Å². The van der Waals surface area contributed by atoms with Crippen LogP contribution in [0.4, 0.5) is 4.79 Å². The van der Waals surface area contributed by atoms with Gasteiger partial charge in [-0.15, -0.1) is 0 Å². The highest BCUT2D eigenvalue weighted by Crippen LogP contribution is 2.17. The van der Waals surface area contributed by atoms with Crippen LogP contribution >= 0.6 is 0 Å². The van der Waals surface area contributed by atoms with Gasteiger partial charge in [-0.3, -0.25) is 29.4 Å². The molecule has 0 aliphatic carbocycles. The summed E-state index contributed by atoms with van der Waals surface area (Å²) in [6, 6.07) is 27.4. The van der Waals surface area contributed by atoms with Gasteiger partial charge < -0.3 is 52.6 Å². The average molecular weight is 950 g/mol. The zero-order valence-electron chi connectivity index (χ0n) is 39.0. The number of rotatable bonds is 26. The summed E-state index contributed by atoms with van der Waals surface area (Å²) in [6.45, 7) is 4.56. The lowest BCUT2D eigenvalue weighted by Gasteiger charge is -2.28. The molecule has 0 aliphatic rings. The zero-order valence-corrected chi connectivity index (χ0v) is 39.0. The van der Waals surface area contributed by atoms with Gasteiger partial charge in [0.25, 0.3) is 0 Å². The molecule has 6 amide bonds. The molecular weight excluding hydrogens is 887 g/mol. The number of nitrogens with one attached hydrogen (secondary N) is 6. The number of benzene rings is 4. The molecule has 0 saturated carbocycles. The van der Waals surface area contributed by atoms with E-state index < -0.39 is 78.4 Å². The van der Waals surface area contributed by atoms with Crippen LogP contribution in [0.25, 0.3) is 0 Å². The monoisotopic (exact) mass is 949 g/mol. The van der Waals surface area contributed by atoms with Gasteiger partial charge in [-0.05, 0) is 72.9 Å². The molecule has 11 N–H and O–H groups in total. The van der Waals surface area contributed by atoms with Crippen LogP contribution in [0.1, 0.15) is 62.3 Å². The summed E-state index contributed by atoms with van der Waals surface area (Å²) in [5.74, 6) is -5.27. The Balaban J connectivity index is 1.45. The normalized spacial score (nSPS) is 13.0. The maximum absolute atomic E-state index is 14.0. The number of nitrogens with zero attached hydrogens (tertiary/aromatic N) is 1. The number of ether oxygens (including phenoxy) is 2. The lowest BCUT2D eigenvalue weighted by atomic mass is 10.0. The third kappa shape index (κ3) is 18.8. The molecule has 19 heteroatoms. The molecule has 0 spiro atoms. The maximum atomic E-state index is 14.0. The number of nitrogens with two attached hydrogens (primary N) is 2. The Morgan fingerprint density at radius 3 is 1.75 bits per heavy atom. The van der Waals surface area contributed by atoms with E-state index in [1.807, 2.05) is 44.2 Å². The van der Waals surface area contributed by atoms with Gasteiger partial charge in [0.05, 0.1) is 12.6 Å². The summed E-state index contributed by atoms with van der Waals surface area (Å²) < 4.78 is 11.3. The van der Waals surface area contributed by atoms with Crippen molar-refractivity contribution >= 4 is 47.6 Å². The smallest absolute Gasteiger partial charge is 0.417 e. The highest BCUT2D eigenvalue weighted by Gasteiger charge is 2.36. The number of carbonyl (C=O) groups is 7. The standard InChI is InChI=1S/C50H63N9O10/c1-32(2)26-41(45(62)57-40(48(65)66)20-13-25-54-49(52)53)58-46(63)42(28-34-14-7-4-8-15-34)56-43(60)29-55-44(61)33(3)59(50(67)69-31-37-18-11-6-12-19-37)47(64)39(51)27-35-21-23-38(24-22-35)68-30-36-16-9-5-10-17-36/h4-12,14-19,21-24,32-33,39-42H,13,20,25-31,51H2,1-3H3,(H,55,61)(H,56,60)(H,57,62)(H,58,63)(H,65,66)(H4,52,53,54). The Kier molecular flexibility index (Phi) is 21.6. The summed E-state index contributed by atoms with van der Waals surface area (Å²) >= 11 is 0. The van der Waals surface area contributed by atoms with Crippen molar-refractivity contribution in [2.75, 3.05) is 13.1 Å². The van der Waals surface area contributed by atoms with E-state index in [9.17, 15) is 38.7 Å². The van der Waals surface area contributed by atoms with Crippen molar-refractivity contribution in [1.82, 2.24) is 31.5 Å². The number of hydrogen-bond acceptors (Lipinski definition) is 11. The maximum Gasteiger partial charge on any atom is 0.417 e. The van der Waals surface area contributed by atoms with E-state index in [-0.39, 0.29) is 57.1 Å². The molecule has 0 bridgehead atoms. The molecule has 4 aromatic carbocycles.